The van der Waals surface area contributed by atoms with Crippen molar-refractivity contribution in [3.05, 3.63) is 42.5 Å². The number of hydrogen-bond donors (Lipinski definition) is 0. The van der Waals surface area contributed by atoms with Crippen LogP contribution < -0.4 is 4.90 Å². The Balaban J connectivity index is 1.15. The molecule has 5 rings (SSSR count). The summed E-state index contributed by atoms with van der Waals surface area (Å²) >= 11 is 0. The van der Waals surface area contributed by atoms with Crippen LogP contribution in [0.1, 0.15) is 32.1 Å². The first kappa shape index (κ1) is 22.8. The van der Waals surface area contributed by atoms with Gasteiger partial charge in [0.05, 0.1) is 18.3 Å². The Labute approximate surface area is 200 Å². The second-order valence-corrected chi connectivity index (χ2v) is 9.49. The molecule has 8 nitrogen and oxygen atoms in total. The van der Waals surface area contributed by atoms with E-state index in [-0.39, 0.29) is 30.4 Å². The van der Waals surface area contributed by atoms with Gasteiger partial charge in [-0.3, -0.25) is 9.59 Å². The van der Waals surface area contributed by atoms with Gasteiger partial charge in [-0.25, -0.2) is 0 Å². The van der Waals surface area contributed by atoms with E-state index >= 15 is 0 Å². The van der Waals surface area contributed by atoms with Crippen molar-refractivity contribution >= 4 is 17.6 Å². The smallest absolute Gasteiger partial charge is 0.242 e. The lowest BCUT2D eigenvalue weighted by atomic mass is 9.84. The summed E-state index contributed by atoms with van der Waals surface area (Å²) in [5.74, 6) is 1.06. The third-order valence-electron chi connectivity index (χ3n) is 7.22. The van der Waals surface area contributed by atoms with Gasteiger partial charge >= 0.3 is 0 Å². The fourth-order valence-corrected chi connectivity index (χ4v) is 4.88. The Hall–Kier alpha value is -3.00. The number of rotatable bonds is 7. The molecule has 1 aliphatic carbocycles. The summed E-state index contributed by atoms with van der Waals surface area (Å²) in [4.78, 5) is 31.9. The molecule has 0 bridgehead atoms. The minimum atomic E-state index is 0.0239. The zero-order chi connectivity index (χ0) is 23.3. The molecule has 2 aromatic rings. The van der Waals surface area contributed by atoms with Gasteiger partial charge in [0, 0.05) is 50.8 Å². The third-order valence-corrected chi connectivity index (χ3v) is 7.22. The highest BCUT2D eigenvalue weighted by atomic mass is 16.5. The molecule has 8 heteroatoms. The SMILES string of the molecule is O=C(CN(C[C@@H]1CCCO1)C(=O)C1CCC1)N1CCN(c2ccc(-c3ccccc3)nn2)CC1. The Morgan fingerprint density at radius 3 is 2.35 bits per heavy atom. The second kappa shape index (κ2) is 10.5. The first-order chi connectivity index (χ1) is 16.7. The molecule has 1 aromatic carbocycles. The van der Waals surface area contributed by atoms with Crippen molar-refractivity contribution < 1.29 is 14.3 Å². The quantitative estimate of drug-likeness (QED) is 0.628. The van der Waals surface area contributed by atoms with Gasteiger partial charge in [0.15, 0.2) is 5.82 Å². The number of nitrogens with zero attached hydrogens (tertiary/aromatic N) is 5. The van der Waals surface area contributed by atoms with Gasteiger partial charge < -0.3 is 19.4 Å². The predicted molar refractivity (Wildman–Crippen MR) is 129 cm³/mol. The topological polar surface area (TPSA) is 78.9 Å². The van der Waals surface area contributed by atoms with Crippen LogP contribution in [-0.4, -0.2) is 83.8 Å². The summed E-state index contributed by atoms with van der Waals surface area (Å²) in [6.45, 7) is 4.08. The van der Waals surface area contributed by atoms with E-state index in [4.69, 9.17) is 4.74 Å². The van der Waals surface area contributed by atoms with Crippen molar-refractivity contribution in [2.75, 3.05) is 50.8 Å². The Morgan fingerprint density at radius 2 is 1.74 bits per heavy atom. The number of carbonyl (C=O) groups is 2. The number of ether oxygens (including phenoxy) is 1. The zero-order valence-electron chi connectivity index (χ0n) is 19.6. The summed E-state index contributed by atoms with van der Waals surface area (Å²) in [6.07, 6.45) is 5.04. The van der Waals surface area contributed by atoms with Crippen molar-refractivity contribution in [1.29, 1.82) is 0 Å². The maximum Gasteiger partial charge on any atom is 0.242 e. The highest BCUT2D eigenvalue weighted by Crippen LogP contribution is 2.29. The van der Waals surface area contributed by atoms with Gasteiger partial charge in [0.1, 0.15) is 0 Å². The summed E-state index contributed by atoms with van der Waals surface area (Å²) in [7, 11) is 0. The number of amides is 2. The molecule has 0 unspecified atom stereocenters. The van der Waals surface area contributed by atoms with E-state index < -0.39 is 0 Å². The first-order valence-corrected chi connectivity index (χ1v) is 12.5. The molecule has 2 saturated heterocycles. The van der Waals surface area contributed by atoms with E-state index in [0.29, 0.717) is 32.7 Å². The molecule has 180 valence electrons. The van der Waals surface area contributed by atoms with Crippen LogP contribution in [0, 0.1) is 5.92 Å². The van der Waals surface area contributed by atoms with Crippen LogP contribution in [0.25, 0.3) is 11.3 Å². The molecule has 0 N–H and O–H groups in total. The summed E-state index contributed by atoms with van der Waals surface area (Å²) in [6, 6.07) is 14.0. The van der Waals surface area contributed by atoms with Crippen LogP contribution in [0.5, 0.6) is 0 Å². The number of piperazine rings is 1. The van der Waals surface area contributed by atoms with E-state index in [9.17, 15) is 9.59 Å². The molecule has 0 spiro atoms. The van der Waals surface area contributed by atoms with Gasteiger partial charge in [0.2, 0.25) is 11.8 Å². The molecule has 2 aliphatic heterocycles. The second-order valence-electron chi connectivity index (χ2n) is 9.49. The van der Waals surface area contributed by atoms with Gasteiger partial charge in [-0.2, -0.15) is 0 Å². The molecule has 0 radical (unpaired) electrons. The van der Waals surface area contributed by atoms with Crippen molar-refractivity contribution in [1.82, 2.24) is 20.0 Å². The van der Waals surface area contributed by atoms with E-state index in [1.54, 1.807) is 4.90 Å². The minimum absolute atomic E-state index is 0.0239. The Bertz CT molecular complexity index is 966. The summed E-state index contributed by atoms with van der Waals surface area (Å²) in [5.41, 5.74) is 1.89. The van der Waals surface area contributed by atoms with Gasteiger partial charge in [-0.05, 0) is 37.8 Å². The van der Waals surface area contributed by atoms with E-state index in [1.165, 1.54) is 0 Å². The maximum atomic E-state index is 13.1. The van der Waals surface area contributed by atoms with E-state index in [0.717, 1.165) is 55.8 Å². The third kappa shape index (κ3) is 5.22. The Morgan fingerprint density at radius 1 is 0.941 bits per heavy atom. The van der Waals surface area contributed by atoms with Gasteiger partial charge in [-0.1, -0.05) is 36.8 Å². The van der Waals surface area contributed by atoms with E-state index in [1.807, 2.05) is 47.4 Å². The molecule has 1 saturated carbocycles. The monoisotopic (exact) mass is 463 g/mol. The fraction of sp³-hybridized carbons (Fsp3) is 0.538. The molecule has 1 atom stereocenters. The molecule has 2 amide bonds. The number of benzene rings is 1. The van der Waals surface area contributed by atoms with Crippen LogP contribution in [0.3, 0.4) is 0 Å². The lowest BCUT2D eigenvalue weighted by Gasteiger charge is -2.37. The van der Waals surface area contributed by atoms with Crippen LogP contribution in [0.15, 0.2) is 42.5 Å². The van der Waals surface area contributed by atoms with Crippen LogP contribution in [0.4, 0.5) is 5.82 Å². The number of hydrogen-bond acceptors (Lipinski definition) is 6. The lowest BCUT2D eigenvalue weighted by molar-refractivity contribution is -0.146. The van der Waals surface area contributed by atoms with Crippen molar-refractivity contribution in [3.8, 4) is 11.3 Å². The predicted octanol–water partition coefficient (Wildman–Crippen LogP) is 2.60. The Kier molecular flexibility index (Phi) is 7.04. The average molecular weight is 464 g/mol. The number of aromatic nitrogens is 2. The lowest BCUT2D eigenvalue weighted by Crippen LogP contribution is -2.53. The molecule has 34 heavy (non-hydrogen) atoms. The van der Waals surface area contributed by atoms with Crippen LogP contribution in [0.2, 0.25) is 0 Å². The normalized spacial score (nSPS) is 20.8. The fourth-order valence-electron chi connectivity index (χ4n) is 4.88. The summed E-state index contributed by atoms with van der Waals surface area (Å²) < 4.78 is 5.75. The molecule has 1 aromatic heterocycles. The standard InChI is InChI=1S/C26H33N5O3/c32-25(19-31(18-22-10-5-17-34-22)26(33)21-8-4-9-21)30-15-13-29(14-16-30)24-12-11-23(27-28-24)20-6-2-1-3-7-20/h1-3,6-7,11-12,21-22H,4-5,8-10,13-19H2/t22-/m0/s1. The highest BCUT2D eigenvalue weighted by molar-refractivity contribution is 5.86. The molecular formula is C26H33N5O3. The zero-order valence-corrected chi connectivity index (χ0v) is 19.6. The molecular weight excluding hydrogens is 430 g/mol. The van der Waals surface area contributed by atoms with Gasteiger partial charge in [-0.15, -0.1) is 10.2 Å². The average Bonchev–Trinajstić information content (AvgIpc) is 3.36. The molecule has 3 fully saturated rings. The van der Waals surface area contributed by atoms with E-state index in [2.05, 4.69) is 15.1 Å². The number of anilines is 1. The highest BCUT2D eigenvalue weighted by Gasteiger charge is 2.33. The van der Waals surface area contributed by atoms with Crippen LogP contribution in [-0.2, 0) is 14.3 Å². The number of carbonyl (C=O) groups excluding carboxylic acids is 2. The minimum Gasteiger partial charge on any atom is -0.376 e. The van der Waals surface area contributed by atoms with Gasteiger partial charge in [0.25, 0.3) is 0 Å². The first-order valence-electron chi connectivity index (χ1n) is 12.5. The maximum absolute atomic E-state index is 13.1. The van der Waals surface area contributed by atoms with Crippen LogP contribution >= 0.6 is 0 Å². The van der Waals surface area contributed by atoms with Crippen molar-refractivity contribution in [3.63, 3.8) is 0 Å². The summed E-state index contributed by atoms with van der Waals surface area (Å²) in [5, 5.41) is 8.81. The van der Waals surface area contributed by atoms with Crippen molar-refractivity contribution in [2.24, 2.45) is 5.92 Å². The largest absolute Gasteiger partial charge is 0.376 e. The molecule has 3 aliphatic rings. The van der Waals surface area contributed by atoms with Crippen molar-refractivity contribution in [2.45, 2.75) is 38.2 Å². The molecule has 3 heterocycles.